The average Bonchev–Trinajstić information content (AvgIpc) is 3.48. The van der Waals surface area contributed by atoms with E-state index in [0.717, 1.165) is 41.1 Å². The maximum absolute atomic E-state index is 14.3. The van der Waals surface area contributed by atoms with Crippen molar-refractivity contribution in [1.82, 2.24) is 10.2 Å². The van der Waals surface area contributed by atoms with Gasteiger partial charge in [0.15, 0.2) is 0 Å². The van der Waals surface area contributed by atoms with E-state index < -0.39 is 28.5 Å². The summed E-state index contributed by atoms with van der Waals surface area (Å²) in [7, 11) is -4.13. The lowest BCUT2D eigenvalue weighted by Gasteiger charge is -2.34. The minimum absolute atomic E-state index is 0.0539. The third kappa shape index (κ3) is 7.28. The minimum atomic E-state index is -4.13. The summed E-state index contributed by atoms with van der Waals surface area (Å²) in [5.41, 5.74) is 2.72. The number of nitrogens with one attached hydrogen (secondary N) is 1. The lowest BCUT2D eigenvalue weighted by Crippen LogP contribution is -2.53. The van der Waals surface area contributed by atoms with Gasteiger partial charge in [-0.25, -0.2) is 8.42 Å². The van der Waals surface area contributed by atoms with E-state index in [4.69, 9.17) is 23.2 Å². The second-order valence-corrected chi connectivity index (χ2v) is 13.4. The second kappa shape index (κ2) is 13.9. The number of benzene rings is 3. The van der Waals surface area contributed by atoms with E-state index in [0.29, 0.717) is 27.7 Å². The number of aryl methyl sites for hydroxylation is 1. The molecule has 2 amide bonds. The van der Waals surface area contributed by atoms with Gasteiger partial charge in [-0.3, -0.25) is 13.9 Å². The molecule has 3 aromatic carbocycles. The molecule has 7 nitrogen and oxygen atoms in total. The maximum atomic E-state index is 14.3. The normalized spacial score (nSPS) is 14.4. The number of carbonyl (C=O) groups is 2. The fourth-order valence-corrected chi connectivity index (χ4v) is 7.17. The summed E-state index contributed by atoms with van der Waals surface area (Å²) in [6.45, 7) is 5.14. The molecular weight excluding hydrogens is 593 g/mol. The van der Waals surface area contributed by atoms with Crippen molar-refractivity contribution in [1.29, 1.82) is 0 Å². The Morgan fingerprint density at radius 2 is 1.64 bits per heavy atom. The van der Waals surface area contributed by atoms with Gasteiger partial charge in [-0.2, -0.15) is 0 Å². The molecule has 0 heterocycles. The molecule has 224 valence electrons. The Hall–Kier alpha value is -3.07. The molecule has 0 unspecified atom stereocenters. The fraction of sp³-hybridized carbons (Fsp3) is 0.375. The van der Waals surface area contributed by atoms with Crippen LogP contribution in [0.5, 0.6) is 0 Å². The molecule has 0 aromatic heterocycles. The van der Waals surface area contributed by atoms with E-state index in [9.17, 15) is 18.0 Å². The predicted octanol–water partition coefficient (Wildman–Crippen LogP) is 6.67. The molecule has 3 aromatic rings. The first-order chi connectivity index (χ1) is 20.0. The van der Waals surface area contributed by atoms with Crippen molar-refractivity contribution in [3.8, 4) is 0 Å². The summed E-state index contributed by atoms with van der Waals surface area (Å²) in [5, 5.41) is 3.82. The van der Waals surface area contributed by atoms with Gasteiger partial charge in [-0.05, 0) is 80.1 Å². The maximum Gasteiger partial charge on any atom is 0.264 e. The fourth-order valence-electron chi connectivity index (χ4n) is 5.36. The minimum Gasteiger partial charge on any atom is -0.352 e. The van der Waals surface area contributed by atoms with Crippen LogP contribution in [0.4, 0.5) is 5.69 Å². The van der Waals surface area contributed by atoms with Gasteiger partial charge in [-0.15, -0.1) is 0 Å². The van der Waals surface area contributed by atoms with Crippen LogP contribution in [0.15, 0.2) is 71.6 Å². The topological polar surface area (TPSA) is 86.8 Å². The lowest BCUT2D eigenvalue weighted by atomic mass is 10.1. The number of anilines is 1. The molecule has 42 heavy (non-hydrogen) atoms. The largest absolute Gasteiger partial charge is 0.352 e. The Balaban J connectivity index is 1.75. The van der Waals surface area contributed by atoms with Crippen LogP contribution in [-0.2, 0) is 26.2 Å². The number of carbonyl (C=O) groups excluding carboxylic acids is 2. The molecule has 0 saturated heterocycles. The monoisotopic (exact) mass is 629 g/mol. The highest BCUT2D eigenvalue weighted by molar-refractivity contribution is 7.92. The molecule has 1 aliphatic rings. The number of rotatable bonds is 11. The van der Waals surface area contributed by atoms with E-state index in [-0.39, 0.29) is 23.4 Å². The highest BCUT2D eigenvalue weighted by Crippen LogP contribution is 2.30. The van der Waals surface area contributed by atoms with Crippen LogP contribution < -0.4 is 9.62 Å². The molecule has 0 spiro atoms. The SMILES string of the molecule is CC[C@@H](C(=O)NC1CCCC1)N(Cc1ccc(Cl)c(Cl)c1)C(=O)CN(c1cccc(C)c1C)S(=O)(=O)c1ccccc1. The third-order valence-corrected chi connectivity index (χ3v) is 10.4. The summed E-state index contributed by atoms with van der Waals surface area (Å²) < 4.78 is 29.2. The number of hydrogen-bond donors (Lipinski definition) is 1. The number of hydrogen-bond acceptors (Lipinski definition) is 4. The smallest absolute Gasteiger partial charge is 0.264 e. The summed E-state index contributed by atoms with van der Waals surface area (Å²) in [5.74, 6) is -0.753. The van der Waals surface area contributed by atoms with Crippen LogP contribution in [0, 0.1) is 13.8 Å². The molecule has 4 rings (SSSR count). The molecular formula is C32H37Cl2N3O4S. The van der Waals surface area contributed by atoms with Gasteiger partial charge in [0.25, 0.3) is 10.0 Å². The van der Waals surface area contributed by atoms with Crippen molar-refractivity contribution in [2.45, 2.75) is 76.4 Å². The Labute approximate surface area is 258 Å². The molecule has 1 saturated carbocycles. The highest BCUT2D eigenvalue weighted by atomic mass is 35.5. The number of nitrogens with zero attached hydrogens (tertiary/aromatic N) is 2. The standard InChI is InChI=1S/C32H37Cl2N3O4S/c1-4-29(32(39)35-25-12-8-9-13-25)36(20-24-17-18-27(33)28(34)19-24)31(38)21-37(30-16-10-11-22(2)23(30)3)42(40,41)26-14-6-5-7-15-26/h5-7,10-11,14-19,25,29H,4,8-9,12-13,20-21H2,1-3H3,(H,35,39)/t29-/m0/s1. The number of halogens is 2. The zero-order valence-corrected chi connectivity index (χ0v) is 26.5. The van der Waals surface area contributed by atoms with E-state index in [1.165, 1.54) is 17.0 Å². The molecule has 0 aliphatic heterocycles. The predicted molar refractivity (Wildman–Crippen MR) is 168 cm³/mol. The average molecular weight is 631 g/mol. The zero-order valence-electron chi connectivity index (χ0n) is 24.1. The van der Waals surface area contributed by atoms with E-state index in [1.54, 1.807) is 48.5 Å². The molecule has 1 fully saturated rings. The Morgan fingerprint density at radius 1 is 0.952 bits per heavy atom. The van der Waals surface area contributed by atoms with Crippen molar-refractivity contribution in [3.05, 3.63) is 93.5 Å². The molecule has 1 N–H and O–H groups in total. The Kier molecular flexibility index (Phi) is 10.6. The first kappa shape index (κ1) is 31.9. The Bertz CT molecular complexity index is 1530. The van der Waals surface area contributed by atoms with Crippen LogP contribution in [0.3, 0.4) is 0 Å². The van der Waals surface area contributed by atoms with Crippen LogP contribution in [0.25, 0.3) is 0 Å². The van der Waals surface area contributed by atoms with E-state index in [1.807, 2.05) is 26.8 Å². The molecule has 1 atom stereocenters. The first-order valence-corrected chi connectivity index (χ1v) is 16.4. The van der Waals surface area contributed by atoms with Crippen molar-refractivity contribution in [2.75, 3.05) is 10.8 Å². The Morgan fingerprint density at radius 3 is 2.29 bits per heavy atom. The van der Waals surface area contributed by atoms with Gasteiger partial charge in [0, 0.05) is 12.6 Å². The first-order valence-electron chi connectivity index (χ1n) is 14.2. The summed E-state index contributed by atoms with van der Waals surface area (Å²) >= 11 is 12.4. The van der Waals surface area contributed by atoms with Crippen molar-refractivity contribution < 1.29 is 18.0 Å². The summed E-state index contributed by atoms with van der Waals surface area (Å²) in [6.07, 6.45) is 4.25. The van der Waals surface area contributed by atoms with Crippen molar-refractivity contribution in [3.63, 3.8) is 0 Å². The van der Waals surface area contributed by atoms with Gasteiger partial charge in [-0.1, -0.05) is 79.4 Å². The van der Waals surface area contributed by atoms with Crippen LogP contribution in [0.1, 0.15) is 55.7 Å². The van der Waals surface area contributed by atoms with Gasteiger partial charge in [0.1, 0.15) is 12.6 Å². The third-order valence-electron chi connectivity index (χ3n) is 7.88. The van der Waals surface area contributed by atoms with Gasteiger partial charge < -0.3 is 10.2 Å². The molecule has 0 bridgehead atoms. The zero-order chi connectivity index (χ0) is 30.4. The van der Waals surface area contributed by atoms with E-state index in [2.05, 4.69) is 5.32 Å². The van der Waals surface area contributed by atoms with Crippen LogP contribution in [-0.4, -0.2) is 43.8 Å². The van der Waals surface area contributed by atoms with Gasteiger partial charge >= 0.3 is 0 Å². The van der Waals surface area contributed by atoms with Gasteiger partial charge in [0.05, 0.1) is 20.6 Å². The van der Waals surface area contributed by atoms with Gasteiger partial charge in [0.2, 0.25) is 11.8 Å². The molecule has 1 aliphatic carbocycles. The highest BCUT2D eigenvalue weighted by Gasteiger charge is 2.35. The molecule has 10 heteroatoms. The number of sulfonamides is 1. The second-order valence-electron chi connectivity index (χ2n) is 10.7. The van der Waals surface area contributed by atoms with Crippen LogP contribution in [0.2, 0.25) is 10.0 Å². The van der Waals surface area contributed by atoms with Crippen molar-refractivity contribution >= 4 is 50.7 Å². The quantitative estimate of drug-likeness (QED) is 0.256. The van der Waals surface area contributed by atoms with Crippen LogP contribution >= 0.6 is 23.2 Å². The van der Waals surface area contributed by atoms with E-state index >= 15 is 0 Å². The molecule has 0 radical (unpaired) electrons. The summed E-state index contributed by atoms with van der Waals surface area (Å²) in [6, 6.07) is 17.7. The lowest BCUT2D eigenvalue weighted by molar-refractivity contribution is -0.140. The summed E-state index contributed by atoms with van der Waals surface area (Å²) in [4.78, 5) is 29.4. The number of amides is 2. The van der Waals surface area contributed by atoms with Crippen molar-refractivity contribution in [2.24, 2.45) is 0 Å².